The van der Waals surface area contributed by atoms with Crippen LogP contribution in [0.25, 0.3) is 11.4 Å². The largest absolute Gasteiger partial charge is 0.573 e. The first-order valence-corrected chi connectivity index (χ1v) is 8.96. The SMILES string of the molecule is O=C(O)C[C@H](NC(=O)c1ccc(Cl)cc1)c1nc(-c2ccc(OC(F)(F)F)cc2)no1. The zero-order valence-electron chi connectivity index (χ0n) is 15.4. The predicted molar refractivity (Wildman–Crippen MR) is 100 cm³/mol. The smallest absolute Gasteiger partial charge is 0.481 e. The second-order valence-corrected chi connectivity index (χ2v) is 6.60. The third-order valence-electron chi connectivity index (χ3n) is 3.88. The lowest BCUT2D eigenvalue weighted by Gasteiger charge is -2.13. The molecule has 162 valence electrons. The molecule has 1 amide bonds. The highest BCUT2D eigenvalue weighted by Gasteiger charge is 2.31. The van der Waals surface area contributed by atoms with Gasteiger partial charge in [-0.15, -0.1) is 13.2 Å². The molecule has 0 aliphatic carbocycles. The van der Waals surface area contributed by atoms with Crippen LogP contribution in [0, 0.1) is 0 Å². The number of carbonyl (C=O) groups is 2. The van der Waals surface area contributed by atoms with Gasteiger partial charge < -0.3 is 19.7 Å². The first-order chi connectivity index (χ1) is 14.6. The van der Waals surface area contributed by atoms with Crippen molar-refractivity contribution in [2.45, 2.75) is 18.8 Å². The lowest BCUT2D eigenvalue weighted by molar-refractivity contribution is -0.274. The maximum atomic E-state index is 12.4. The van der Waals surface area contributed by atoms with Crippen molar-refractivity contribution in [3.05, 3.63) is 65.0 Å². The fourth-order valence-corrected chi connectivity index (χ4v) is 2.64. The Morgan fingerprint density at radius 1 is 1.13 bits per heavy atom. The van der Waals surface area contributed by atoms with E-state index in [1.807, 2.05) is 0 Å². The minimum absolute atomic E-state index is 0.00955. The van der Waals surface area contributed by atoms with Crippen LogP contribution in [0.4, 0.5) is 13.2 Å². The number of nitrogens with one attached hydrogen (secondary N) is 1. The average Bonchev–Trinajstić information content (AvgIpc) is 3.17. The van der Waals surface area contributed by atoms with Gasteiger partial charge in [-0.3, -0.25) is 9.59 Å². The summed E-state index contributed by atoms with van der Waals surface area (Å²) in [5.74, 6) is -2.44. The van der Waals surface area contributed by atoms with Crippen LogP contribution in [0.2, 0.25) is 5.02 Å². The van der Waals surface area contributed by atoms with Crippen LogP contribution >= 0.6 is 11.6 Å². The number of hydrogen-bond donors (Lipinski definition) is 2. The van der Waals surface area contributed by atoms with Crippen molar-refractivity contribution in [2.24, 2.45) is 0 Å². The van der Waals surface area contributed by atoms with Gasteiger partial charge in [0.2, 0.25) is 11.7 Å². The molecule has 2 N–H and O–H groups in total. The molecule has 0 saturated heterocycles. The number of carboxylic acid groups (broad SMARTS) is 1. The molecular formula is C19H13ClF3N3O5. The Morgan fingerprint density at radius 2 is 1.77 bits per heavy atom. The van der Waals surface area contributed by atoms with Crippen LogP contribution in [0.1, 0.15) is 28.7 Å². The van der Waals surface area contributed by atoms with E-state index in [1.54, 1.807) is 0 Å². The van der Waals surface area contributed by atoms with Gasteiger partial charge >= 0.3 is 12.3 Å². The van der Waals surface area contributed by atoms with Crippen molar-refractivity contribution in [1.82, 2.24) is 15.5 Å². The molecule has 0 aliphatic rings. The van der Waals surface area contributed by atoms with Crippen molar-refractivity contribution in [3.63, 3.8) is 0 Å². The van der Waals surface area contributed by atoms with Crippen molar-refractivity contribution < 1.29 is 37.1 Å². The maximum absolute atomic E-state index is 12.4. The van der Waals surface area contributed by atoms with Gasteiger partial charge in [0.15, 0.2) is 0 Å². The van der Waals surface area contributed by atoms with Crippen molar-refractivity contribution in [2.75, 3.05) is 0 Å². The topological polar surface area (TPSA) is 115 Å². The summed E-state index contributed by atoms with van der Waals surface area (Å²) in [6.07, 6.45) is -5.37. The number of carboxylic acids is 1. The average molecular weight is 456 g/mol. The van der Waals surface area contributed by atoms with Gasteiger partial charge in [0.25, 0.3) is 5.91 Å². The molecule has 0 fully saturated rings. The zero-order chi connectivity index (χ0) is 22.6. The summed E-state index contributed by atoms with van der Waals surface area (Å²) in [6.45, 7) is 0. The number of rotatable bonds is 7. The molecule has 0 saturated carbocycles. The van der Waals surface area contributed by atoms with Gasteiger partial charge in [-0.05, 0) is 48.5 Å². The number of ether oxygens (including phenoxy) is 1. The van der Waals surface area contributed by atoms with E-state index in [-0.39, 0.29) is 17.3 Å². The first kappa shape index (κ1) is 22.1. The van der Waals surface area contributed by atoms with Crippen LogP contribution in [0.5, 0.6) is 5.75 Å². The highest BCUT2D eigenvalue weighted by atomic mass is 35.5. The molecular weight excluding hydrogens is 443 g/mol. The predicted octanol–water partition coefficient (Wildman–Crippen LogP) is 4.23. The van der Waals surface area contributed by atoms with Crippen molar-refractivity contribution >= 4 is 23.5 Å². The summed E-state index contributed by atoms with van der Waals surface area (Å²) in [4.78, 5) is 27.7. The lowest BCUT2D eigenvalue weighted by atomic mass is 10.1. The van der Waals surface area contributed by atoms with Gasteiger partial charge in [0.05, 0.1) is 6.42 Å². The van der Waals surface area contributed by atoms with E-state index in [1.165, 1.54) is 36.4 Å². The molecule has 1 aromatic heterocycles. The summed E-state index contributed by atoms with van der Waals surface area (Å²) in [5.41, 5.74) is 0.530. The summed E-state index contributed by atoms with van der Waals surface area (Å²) in [6, 6.07) is 9.45. The normalized spacial score (nSPS) is 12.3. The number of aliphatic carboxylic acids is 1. The highest BCUT2D eigenvalue weighted by molar-refractivity contribution is 6.30. The van der Waals surface area contributed by atoms with E-state index >= 15 is 0 Å². The quantitative estimate of drug-likeness (QED) is 0.547. The van der Waals surface area contributed by atoms with E-state index < -0.39 is 36.5 Å². The molecule has 0 aliphatic heterocycles. The van der Waals surface area contributed by atoms with Gasteiger partial charge in [-0.25, -0.2) is 0 Å². The van der Waals surface area contributed by atoms with Crippen LogP contribution in [0.15, 0.2) is 53.1 Å². The minimum atomic E-state index is -4.83. The second kappa shape index (κ2) is 9.04. The maximum Gasteiger partial charge on any atom is 0.573 e. The molecule has 1 heterocycles. The van der Waals surface area contributed by atoms with Crippen LogP contribution in [-0.2, 0) is 4.79 Å². The van der Waals surface area contributed by atoms with E-state index in [4.69, 9.17) is 21.2 Å². The van der Waals surface area contributed by atoms with Crippen molar-refractivity contribution in [3.8, 4) is 17.1 Å². The molecule has 8 nitrogen and oxygen atoms in total. The molecule has 0 unspecified atom stereocenters. The number of alkyl halides is 3. The molecule has 3 aromatic rings. The minimum Gasteiger partial charge on any atom is -0.481 e. The summed E-state index contributed by atoms with van der Waals surface area (Å²) in [7, 11) is 0. The molecule has 12 heteroatoms. The number of hydrogen-bond acceptors (Lipinski definition) is 6. The zero-order valence-corrected chi connectivity index (χ0v) is 16.1. The summed E-state index contributed by atoms with van der Waals surface area (Å²) >= 11 is 5.78. The Bertz CT molecular complexity index is 1070. The molecule has 31 heavy (non-hydrogen) atoms. The standard InChI is InChI=1S/C19H13ClF3N3O5/c20-12-5-1-11(2-6-12)17(29)24-14(9-15(27)28)18-25-16(26-31-18)10-3-7-13(8-4-10)30-19(21,22)23/h1-8,14H,9H2,(H,24,29)(H,27,28)/t14-/m0/s1. The number of halogens is 4. The third kappa shape index (κ3) is 6.19. The third-order valence-corrected chi connectivity index (χ3v) is 4.13. The van der Waals surface area contributed by atoms with E-state index in [2.05, 4.69) is 20.2 Å². The van der Waals surface area contributed by atoms with E-state index in [9.17, 15) is 22.8 Å². The molecule has 0 spiro atoms. The number of carbonyl (C=O) groups excluding carboxylic acids is 1. The van der Waals surface area contributed by atoms with Gasteiger partial charge in [0.1, 0.15) is 11.8 Å². The fourth-order valence-electron chi connectivity index (χ4n) is 2.52. The van der Waals surface area contributed by atoms with Crippen molar-refractivity contribution in [1.29, 1.82) is 0 Å². The number of amides is 1. The van der Waals surface area contributed by atoms with Crippen LogP contribution in [-0.4, -0.2) is 33.5 Å². The Morgan fingerprint density at radius 3 is 2.35 bits per heavy atom. The Kier molecular flexibility index (Phi) is 6.44. The van der Waals surface area contributed by atoms with Gasteiger partial charge in [-0.2, -0.15) is 4.98 Å². The molecule has 0 bridgehead atoms. The summed E-state index contributed by atoms with van der Waals surface area (Å²) < 4.78 is 45.6. The van der Waals surface area contributed by atoms with Crippen LogP contribution < -0.4 is 10.1 Å². The molecule has 3 rings (SSSR count). The van der Waals surface area contributed by atoms with Gasteiger partial charge in [-0.1, -0.05) is 16.8 Å². The molecule has 2 aromatic carbocycles. The van der Waals surface area contributed by atoms with E-state index in [0.717, 1.165) is 12.1 Å². The Labute approximate surface area is 177 Å². The Balaban J connectivity index is 1.78. The molecule has 1 atom stereocenters. The number of nitrogens with zero attached hydrogens (tertiary/aromatic N) is 2. The highest BCUT2D eigenvalue weighted by Crippen LogP contribution is 2.26. The van der Waals surface area contributed by atoms with Crippen LogP contribution in [0.3, 0.4) is 0 Å². The summed E-state index contributed by atoms with van der Waals surface area (Å²) in [5, 5.41) is 15.8. The monoisotopic (exact) mass is 455 g/mol. The Hall–Kier alpha value is -3.60. The fraction of sp³-hybridized carbons (Fsp3) is 0.158. The lowest BCUT2D eigenvalue weighted by Crippen LogP contribution is -2.30. The first-order valence-electron chi connectivity index (χ1n) is 8.59. The van der Waals surface area contributed by atoms with E-state index in [0.29, 0.717) is 10.6 Å². The second-order valence-electron chi connectivity index (χ2n) is 6.16. The molecule has 0 radical (unpaired) electrons. The number of aromatic nitrogens is 2. The number of benzene rings is 2. The van der Waals surface area contributed by atoms with Gasteiger partial charge in [0, 0.05) is 16.1 Å².